The third-order valence-electron chi connectivity index (χ3n) is 2.83. The number of nitrogens with two attached hydrogens (primary N) is 1. The summed E-state index contributed by atoms with van der Waals surface area (Å²) in [5.41, 5.74) is 7.50. The fourth-order valence-electron chi connectivity index (χ4n) is 1.69. The van der Waals surface area contributed by atoms with Crippen LogP contribution in [0.2, 0.25) is 0 Å². The van der Waals surface area contributed by atoms with Crippen molar-refractivity contribution in [2.45, 2.75) is 13.5 Å². The molecule has 4 heteroatoms. The van der Waals surface area contributed by atoms with Gasteiger partial charge in [-0.05, 0) is 36.2 Å². The van der Waals surface area contributed by atoms with Crippen molar-refractivity contribution in [2.75, 3.05) is 5.73 Å². The molecule has 0 heterocycles. The van der Waals surface area contributed by atoms with E-state index in [9.17, 15) is 9.18 Å². The van der Waals surface area contributed by atoms with Gasteiger partial charge in [-0.1, -0.05) is 24.3 Å². The molecule has 2 aromatic rings. The van der Waals surface area contributed by atoms with Crippen molar-refractivity contribution in [3.63, 3.8) is 0 Å². The van der Waals surface area contributed by atoms with E-state index in [-0.39, 0.29) is 17.9 Å². The maximum Gasteiger partial charge on any atom is 0.341 e. The van der Waals surface area contributed by atoms with Crippen molar-refractivity contribution in [2.24, 2.45) is 0 Å². The topological polar surface area (TPSA) is 52.3 Å². The van der Waals surface area contributed by atoms with Gasteiger partial charge in [-0.2, -0.15) is 0 Å². The number of hydrogen-bond acceptors (Lipinski definition) is 3. The maximum absolute atomic E-state index is 13.5. The fraction of sp³-hybridized carbons (Fsp3) is 0.133. The van der Waals surface area contributed by atoms with Crippen LogP contribution in [0.3, 0.4) is 0 Å². The number of carbonyl (C=O) groups is 1. The van der Waals surface area contributed by atoms with Crippen LogP contribution in [0, 0.1) is 12.7 Å². The fourth-order valence-corrected chi connectivity index (χ4v) is 1.69. The molecule has 0 spiro atoms. The van der Waals surface area contributed by atoms with Gasteiger partial charge in [-0.15, -0.1) is 0 Å². The molecular formula is C15H14FNO2. The third kappa shape index (κ3) is 3.10. The lowest BCUT2D eigenvalue weighted by atomic mass is 10.1. The Kier molecular flexibility index (Phi) is 3.80. The van der Waals surface area contributed by atoms with Crippen molar-refractivity contribution in [3.05, 3.63) is 65.0 Å². The first-order valence-electron chi connectivity index (χ1n) is 5.84. The molecule has 2 rings (SSSR count). The van der Waals surface area contributed by atoms with Crippen LogP contribution in [-0.4, -0.2) is 5.97 Å². The molecule has 2 N–H and O–H groups in total. The summed E-state index contributed by atoms with van der Waals surface area (Å²) in [5, 5.41) is 0. The molecule has 0 aliphatic rings. The Morgan fingerprint density at radius 2 is 2.00 bits per heavy atom. The number of hydrogen-bond donors (Lipinski definition) is 1. The molecule has 3 nitrogen and oxygen atoms in total. The molecule has 0 aromatic heterocycles. The van der Waals surface area contributed by atoms with E-state index in [1.165, 1.54) is 12.1 Å². The lowest BCUT2D eigenvalue weighted by molar-refractivity contribution is 0.0467. The van der Waals surface area contributed by atoms with E-state index in [0.29, 0.717) is 0 Å². The second-order valence-corrected chi connectivity index (χ2v) is 4.24. The minimum absolute atomic E-state index is 0.109. The molecule has 98 valence electrons. The van der Waals surface area contributed by atoms with Gasteiger partial charge < -0.3 is 10.5 Å². The standard InChI is InChI=1S/C15H14FNO2/c1-10-4-2-3-5-11(10)9-19-15(18)13-7-6-12(17)8-14(13)16/h2-8H,9,17H2,1H3. The highest BCUT2D eigenvalue weighted by Gasteiger charge is 2.13. The number of halogens is 1. The summed E-state index contributed by atoms with van der Waals surface area (Å²) in [6, 6.07) is 11.4. The zero-order valence-corrected chi connectivity index (χ0v) is 10.5. The Labute approximate surface area is 110 Å². The zero-order chi connectivity index (χ0) is 13.8. The number of carbonyl (C=O) groups excluding carboxylic acids is 1. The van der Waals surface area contributed by atoms with Crippen LogP contribution in [-0.2, 0) is 11.3 Å². The van der Waals surface area contributed by atoms with E-state index < -0.39 is 11.8 Å². The summed E-state index contributed by atoms with van der Waals surface area (Å²) in [7, 11) is 0. The zero-order valence-electron chi connectivity index (χ0n) is 10.5. The first-order valence-corrected chi connectivity index (χ1v) is 5.84. The van der Waals surface area contributed by atoms with Crippen LogP contribution in [0.25, 0.3) is 0 Å². The van der Waals surface area contributed by atoms with Gasteiger partial charge in [0, 0.05) is 5.69 Å². The molecule has 2 aromatic carbocycles. The Bertz CT molecular complexity index is 611. The van der Waals surface area contributed by atoms with E-state index >= 15 is 0 Å². The Morgan fingerprint density at radius 1 is 1.26 bits per heavy atom. The molecular weight excluding hydrogens is 245 g/mol. The molecule has 0 fully saturated rings. The second-order valence-electron chi connectivity index (χ2n) is 4.24. The van der Waals surface area contributed by atoms with Gasteiger partial charge in [0.15, 0.2) is 0 Å². The van der Waals surface area contributed by atoms with Crippen molar-refractivity contribution >= 4 is 11.7 Å². The van der Waals surface area contributed by atoms with Gasteiger partial charge in [0.25, 0.3) is 0 Å². The number of ether oxygens (including phenoxy) is 1. The summed E-state index contributed by atoms with van der Waals surface area (Å²) < 4.78 is 18.6. The first-order chi connectivity index (χ1) is 9.08. The van der Waals surface area contributed by atoms with Crippen LogP contribution in [0.4, 0.5) is 10.1 Å². The van der Waals surface area contributed by atoms with Crippen molar-refractivity contribution in [3.8, 4) is 0 Å². The minimum Gasteiger partial charge on any atom is -0.457 e. The second kappa shape index (κ2) is 5.52. The van der Waals surface area contributed by atoms with Crippen LogP contribution in [0.5, 0.6) is 0 Å². The average molecular weight is 259 g/mol. The first kappa shape index (κ1) is 13.1. The number of aryl methyl sites for hydroxylation is 1. The number of benzene rings is 2. The molecule has 0 saturated carbocycles. The minimum atomic E-state index is -0.694. The Hall–Kier alpha value is -2.36. The molecule has 0 aliphatic carbocycles. The van der Waals surface area contributed by atoms with E-state index in [1.807, 2.05) is 31.2 Å². The molecule has 0 unspecified atom stereocenters. The summed E-state index contributed by atoms with van der Waals surface area (Å²) in [6.45, 7) is 2.04. The van der Waals surface area contributed by atoms with Crippen LogP contribution < -0.4 is 5.73 Å². The van der Waals surface area contributed by atoms with Crippen LogP contribution >= 0.6 is 0 Å². The third-order valence-corrected chi connectivity index (χ3v) is 2.83. The van der Waals surface area contributed by atoms with Crippen LogP contribution in [0.15, 0.2) is 42.5 Å². The van der Waals surface area contributed by atoms with E-state index in [2.05, 4.69) is 0 Å². The summed E-state index contributed by atoms with van der Waals surface area (Å²) in [4.78, 5) is 11.8. The van der Waals surface area contributed by atoms with Gasteiger partial charge in [0.05, 0.1) is 5.56 Å². The van der Waals surface area contributed by atoms with Gasteiger partial charge in [0.2, 0.25) is 0 Å². The summed E-state index contributed by atoms with van der Waals surface area (Å²) in [6.07, 6.45) is 0. The van der Waals surface area contributed by atoms with Gasteiger partial charge in [0.1, 0.15) is 12.4 Å². The lowest BCUT2D eigenvalue weighted by Gasteiger charge is -2.08. The van der Waals surface area contributed by atoms with Crippen LogP contribution in [0.1, 0.15) is 21.5 Å². The molecule has 0 atom stereocenters. The molecule has 19 heavy (non-hydrogen) atoms. The van der Waals surface area contributed by atoms with Gasteiger partial charge in [-0.3, -0.25) is 0 Å². The molecule has 0 radical (unpaired) electrons. The van der Waals surface area contributed by atoms with E-state index in [0.717, 1.165) is 17.2 Å². The number of esters is 1. The average Bonchev–Trinajstić information content (AvgIpc) is 2.37. The Morgan fingerprint density at radius 3 is 2.68 bits per heavy atom. The molecule has 0 saturated heterocycles. The van der Waals surface area contributed by atoms with E-state index in [4.69, 9.17) is 10.5 Å². The highest BCUT2D eigenvalue weighted by atomic mass is 19.1. The number of nitrogen functional groups attached to an aromatic ring is 1. The monoisotopic (exact) mass is 259 g/mol. The van der Waals surface area contributed by atoms with Crippen molar-refractivity contribution in [1.82, 2.24) is 0 Å². The maximum atomic E-state index is 13.5. The predicted octanol–water partition coefficient (Wildman–Crippen LogP) is 3.07. The van der Waals surface area contributed by atoms with Gasteiger partial charge >= 0.3 is 5.97 Å². The van der Waals surface area contributed by atoms with E-state index in [1.54, 1.807) is 0 Å². The SMILES string of the molecule is Cc1ccccc1COC(=O)c1ccc(N)cc1F. The lowest BCUT2D eigenvalue weighted by Crippen LogP contribution is -2.08. The summed E-state index contributed by atoms with van der Waals surface area (Å²) >= 11 is 0. The molecule has 0 aliphatic heterocycles. The molecule has 0 bridgehead atoms. The highest BCUT2D eigenvalue weighted by molar-refractivity contribution is 5.90. The Balaban J connectivity index is 2.08. The molecule has 0 amide bonds. The largest absolute Gasteiger partial charge is 0.457 e. The van der Waals surface area contributed by atoms with Gasteiger partial charge in [-0.25, -0.2) is 9.18 Å². The summed E-state index contributed by atoms with van der Waals surface area (Å²) in [5.74, 6) is -1.37. The normalized spacial score (nSPS) is 10.2. The smallest absolute Gasteiger partial charge is 0.341 e. The van der Waals surface area contributed by atoms with Crippen molar-refractivity contribution in [1.29, 1.82) is 0 Å². The number of rotatable bonds is 3. The quantitative estimate of drug-likeness (QED) is 0.680. The number of anilines is 1. The highest BCUT2D eigenvalue weighted by Crippen LogP contribution is 2.15. The predicted molar refractivity (Wildman–Crippen MR) is 71.1 cm³/mol. The van der Waals surface area contributed by atoms with Crippen molar-refractivity contribution < 1.29 is 13.9 Å².